The molecule has 0 amide bonds. The van der Waals surface area contributed by atoms with Crippen LogP contribution in [-0.4, -0.2) is 9.13 Å². The van der Waals surface area contributed by atoms with Crippen LogP contribution in [0.1, 0.15) is 52.7 Å². The van der Waals surface area contributed by atoms with Crippen LogP contribution in [0.4, 0.5) is 68.2 Å². The second kappa shape index (κ2) is 31.9. The van der Waals surface area contributed by atoms with Gasteiger partial charge in [-0.1, -0.05) is 351 Å². The van der Waals surface area contributed by atoms with E-state index in [0.717, 1.165) is 201 Å². The monoisotopic (exact) mass is 1670 g/mol. The Morgan fingerprint density at radius 1 is 0.200 bits per heavy atom. The van der Waals surface area contributed by atoms with Gasteiger partial charge in [0.25, 0.3) is 0 Å². The van der Waals surface area contributed by atoms with Crippen molar-refractivity contribution in [1.82, 2.24) is 9.13 Å². The molecule has 0 saturated heterocycles. The first kappa shape index (κ1) is 78.3. The number of nitrogens with zero attached hydrogens (tertiary/aromatic N) is 6. The quantitative estimate of drug-likeness (QED) is 0.0853. The lowest BCUT2D eigenvalue weighted by Gasteiger charge is -2.35. The highest BCUT2D eigenvalue weighted by Gasteiger charge is 2.33. The maximum Gasteiger partial charge on any atom is 0.159 e. The summed E-state index contributed by atoms with van der Waals surface area (Å²) >= 11 is 0. The van der Waals surface area contributed by atoms with E-state index in [-0.39, 0.29) is 0 Å². The molecule has 19 aromatic carbocycles. The lowest BCUT2D eigenvalue weighted by molar-refractivity contribution is 0.590. The van der Waals surface area contributed by atoms with Gasteiger partial charge >= 0.3 is 0 Å². The van der Waals surface area contributed by atoms with Crippen molar-refractivity contribution in [2.45, 2.75) is 52.4 Å². The summed E-state index contributed by atoms with van der Waals surface area (Å²) < 4.78 is 19.5. The van der Waals surface area contributed by atoms with Crippen LogP contribution in [0.15, 0.2) is 458 Å². The molecule has 0 bridgehead atoms. The van der Waals surface area contributed by atoms with E-state index in [1.54, 1.807) is 0 Å². The molecule has 0 atom stereocenters. The SMILES string of the molecule is CC(C)(C)c1cc(N(c2cccc(-n3c4ccccc4c4ccccc43)c2)c2c(-c3ccccc3)cccc2-c2ccccc2)cc(N(c2cccc(N(c3cc(N(c4cccc(-n5c6ccccc6c6ccccc65)c4)c4cccc5c4oc4ccccc45)cc(C(C)(C)C)c3)c3c(-c4ccccc4)cccc3-c3ccccc3)c2)c2cccc3c2oc2ccccc23)c1. The van der Waals surface area contributed by atoms with Gasteiger partial charge < -0.3 is 37.6 Å². The number of para-hydroxylation sites is 10. The molecule has 0 radical (unpaired) electrons. The van der Waals surface area contributed by atoms with E-state index in [4.69, 9.17) is 8.83 Å². The van der Waals surface area contributed by atoms with Crippen molar-refractivity contribution in [2.75, 3.05) is 19.6 Å². The molecule has 4 aromatic heterocycles. The molecule has 0 N–H and O–H groups in total. The Kier molecular flexibility index (Phi) is 19.2. The van der Waals surface area contributed by atoms with Gasteiger partial charge in [-0.3, -0.25) is 0 Å². The van der Waals surface area contributed by atoms with Crippen LogP contribution in [0.2, 0.25) is 0 Å². The van der Waals surface area contributed by atoms with Crippen molar-refractivity contribution in [3.8, 4) is 55.9 Å². The van der Waals surface area contributed by atoms with Gasteiger partial charge in [-0.2, -0.15) is 0 Å². The normalized spacial score (nSPS) is 11.9. The number of benzene rings is 19. The van der Waals surface area contributed by atoms with E-state index < -0.39 is 10.8 Å². The zero-order chi connectivity index (χ0) is 87.3. The highest BCUT2D eigenvalue weighted by atomic mass is 16.3. The highest BCUT2D eigenvalue weighted by molar-refractivity contribution is 6.15. The molecule has 8 heteroatoms. The summed E-state index contributed by atoms with van der Waals surface area (Å²) in [6.45, 7) is 14.0. The standard InChI is InChI=1S/C122H92N6O2/c1-121(2,3)85-72-93(79-96(75-85)126(118-99(83-42-15-9-16-43-83)60-35-61-100(118)84-44-17-10-18-45-84)90-49-33-51-92(78-90)128-111-66-27-21-54-103(111)104-55-22-28-67-112(104)128)123(113-68-36-62-107-105-56-23-29-70-115(105)129-119(107)113)87-46-31-48-89(76-87)125(117-97(81-38-11-7-12-39-81)58-34-59-98(117)82-40-13-8-14-41-82)95-74-86(122(4,5)6)73-94(80-95)124(114-69-37-63-108-106-57-24-30-71-116(106)130-120(108)114)88-47-32-50-91(77-88)127-109-64-25-19-52-101(109)102-53-20-26-65-110(102)127/h7-80H,1-6H3. The van der Waals surface area contributed by atoms with Gasteiger partial charge in [0.1, 0.15) is 11.2 Å². The van der Waals surface area contributed by atoms with E-state index in [9.17, 15) is 0 Å². The van der Waals surface area contributed by atoms with Crippen LogP contribution < -0.4 is 19.6 Å². The van der Waals surface area contributed by atoms with Crippen molar-refractivity contribution >= 4 is 156 Å². The molecule has 23 rings (SSSR count). The molecule has 0 fully saturated rings. The molecule has 130 heavy (non-hydrogen) atoms. The number of fused-ring (bicyclic) bond motifs is 12. The third kappa shape index (κ3) is 13.7. The third-order valence-electron chi connectivity index (χ3n) is 25.9. The minimum atomic E-state index is -0.418. The number of hydrogen-bond acceptors (Lipinski definition) is 6. The predicted molar refractivity (Wildman–Crippen MR) is 548 cm³/mol. The van der Waals surface area contributed by atoms with Crippen molar-refractivity contribution in [2.24, 2.45) is 0 Å². The Labute approximate surface area is 756 Å². The lowest BCUT2D eigenvalue weighted by Crippen LogP contribution is -2.20. The zero-order valence-corrected chi connectivity index (χ0v) is 73.2. The van der Waals surface area contributed by atoms with Crippen molar-refractivity contribution in [3.63, 3.8) is 0 Å². The summed E-state index contributed by atoms with van der Waals surface area (Å²) in [6, 6.07) is 165. The second-order valence-electron chi connectivity index (χ2n) is 36.0. The first-order chi connectivity index (χ1) is 63.8. The molecule has 0 aliphatic carbocycles. The number of hydrogen-bond donors (Lipinski definition) is 0. The minimum Gasteiger partial charge on any atom is -0.454 e. The summed E-state index contributed by atoms with van der Waals surface area (Å²) in [5.41, 5.74) is 31.1. The molecule has 0 aliphatic rings. The van der Waals surface area contributed by atoms with Gasteiger partial charge in [-0.05, 0) is 184 Å². The summed E-state index contributed by atoms with van der Waals surface area (Å²) in [5.74, 6) is 0. The van der Waals surface area contributed by atoms with Crippen LogP contribution in [0.25, 0.3) is 143 Å². The van der Waals surface area contributed by atoms with Gasteiger partial charge in [0.2, 0.25) is 0 Å². The van der Waals surface area contributed by atoms with Gasteiger partial charge in [0.05, 0.1) is 44.8 Å². The molecule has 8 nitrogen and oxygen atoms in total. The van der Waals surface area contributed by atoms with E-state index in [1.165, 1.54) is 21.5 Å². The average molecular weight is 1670 g/mol. The molecule has 4 heterocycles. The number of aromatic nitrogens is 2. The number of rotatable bonds is 18. The fourth-order valence-electron chi connectivity index (χ4n) is 19.7. The van der Waals surface area contributed by atoms with Crippen LogP contribution in [0.3, 0.4) is 0 Å². The Morgan fingerprint density at radius 3 is 0.800 bits per heavy atom. The Morgan fingerprint density at radius 2 is 0.454 bits per heavy atom. The van der Waals surface area contributed by atoms with Gasteiger partial charge in [-0.15, -0.1) is 0 Å². The smallest absolute Gasteiger partial charge is 0.159 e. The second-order valence-corrected chi connectivity index (χ2v) is 36.0. The van der Waals surface area contributed by atoms with Gasteiger partial charge in [0.15, 0.2) is 11.2 Å². The van der Waals surface area contributed by atoms with Crippen LogP contribution in [-0.2, 0) is 10.8 Å². The molecule has 0 unspecified atom stereocenters. The molecule has 0 aliphatic heterocycles. The maximum absolute atomic E-state index is 7.39. The summed E-state index contributed by atoms with van der Waals surface area (Å²) in [5, 5.41) is 8.91. The van der Waals surface area contributed by atoms with Gasteiger partial charge in [0, 0.05) is 122 Å². The first-order valence-electron chi connectivity index (χ1n) is 44.9. The molecular formula is C122H92N6O2. The molecular weight excluding hydrogens is 1580 g/mol. The summed E-state index contributed by atoms with van der Waals surface area (Å²) in [4.78, 5) is 10.0. The topological polar surface area (TPSA) is 49.1 Å². The highest BCUT2D eigenvalue weighted by Crippen LogP contribution is 2.56. The zero-order valence-electron chi connectivity index (χ0n) is 73.2. The van der Waals surface area contributed by atoms with Crippen molar-refractivity contribution in [3.05, 3.63) is 460 Å². The maximum atomic E-state index is 7.39. The van der Waals surface area contributed by atoms with Crippen LogP contribution in [0, 0.1) is 0 Å². The molecule has 0 spiro atoms. The molecule has 23 aromatic rings. The van der Waals surface area contributed by atoms with E-state index >= 15 is 0 Å². The summed E-state index contributed by atoms with van der Waals surface area (Å²) in [7, 11) is 0. The third-order valence-corrected chi connectivity index (χ3v) is 25.9. The average Bonchev–Trinajstić information content (AvgIpc) is 1.18. The summed E-state index contributed by atoms with van der Waals surface area (Å²) in [6.07, 6.45) is 0. The Bertz CT molecular complexity index is 8070. The first-order valence-corrected chi connectivity index (χ1v) is 44.9. The molecule has 622 valence electrons. The van der Waals surface area contributed by atoms with Crippen LogP contribution >= 0.6 is 0 Å². The minimum absolute atomic E-state index is 0.414. The lowest BCUT2D eigenvalue weighted by atomic mass is 9.85. The fourth-order valence-corrected chi connectivity index (χ4v) is 19.7. The number of anilines is 12. The van der Waals surface area contributed by atoms with Crippen molar-refractivity contribution in [1.29, 1.82) is 0 Å². The van der Waals surface area contributed by atoms with Crippen LogP contribution in [0.5, 0.6) is 0 Å². The Balaban J connectivity index is 0.806. The van der Waals surface area contributed by atoms with E-state index in [0.29, 0.717) is 0 Å². The molecule has 0 saturated carbocycles. The van der Waals surface area contributed by atoms with Gasteiger partial charge in [-0.25, -0.2) is 0 Å². The fraction of sp³-hybridized carbons (Fsp3) is 0.0656. The Hall–Kier alpha value is -16.4. The van der Waals surface area contributed by atoms with E-state index in [1.807, 2.05) is 0 Å². The largest absolute Gasteiger partial charge is 0.454 e. The van der Waals surface area contributed by atoms with E-state index in [2.05, 4.69) is 519 Å². The van der Waals surface area contributed by atoms with Crippen molar-refractivity contribution < 1.29 is 8.83 Å². The number of furan rings is 2. The predicted octanol–water partition coefficient (Wildman–Crippen LogP) is 34.8.